The third kappa shape index (κ3) is 22.4. The fraction of sp³-hybridized carbons (Fsp3) is 1.00. The Morgan fingerprint density at radius 2 is 1.50 bits per heavy atom. The first kappa shape index (κ1) is 4.50. The Labute approximate surface area is 35.4 Å². The van der Waals surface area contributed by atoms with E-state index in [-0.39, 0.29) is 0 Å². The molecule has 0 aromatic rings. The van der Waals surface area contributed by atoms with Crippen LogP contribution in [-0.4, -0.2) is 34.7 Å². The van der Waals surface area contributed by atoms with Gasteiger partial charge in [0.25, 0.3) is 0 Å². The molecule has 0 fully saturated rings. The molecular formula is C2H9GeN. The van der Waals surface area contributed by atoms with E-state index in [2.05, 4.69) is 18.0 Å². The number of hydrogen-bond acceptors (Lipinski definition) is 1. The summed E-state index contributed by atoms with van der Waals surface area (Å²) in [6, 6.07) is 0. The van der Waals surface area contributed by atoms with Gasteiger partial charge in [-0.2, -0.15) is 0 Å². The summed E-state index contributed by atoms with van der Waals surface area (Å²) in [5.41, 5.74) is 0. The average molecular weight is 120 g/mol. The van der Waals surface area contributed by atoms with Gasteiger partial charge in [-0.05, 0) is 0 Å². The fourth-order valence-electron chi connectivity index (χ4n) is 0. The Bertz CT molecular complexity index is 10.8. The first-order valence-corrected chi connectivity index (χ1v) is 3.22. The summed E-state index contributed by atoms with van der Waals surface area (Å²) in [4.78, 5) is 0. The van der Waals surface area contributed by atoms with Gasteiger partial charge in [-0.3, -0.25) is 0 Å². The van der Waals surface area contributed by atoms with Crippen molar-refractivity contribution in [2.75, 3.05) is 14.1 Å². The van der Waals surface area contributed by atoms with Crippen molar-refractivity contribution in [1.82, 2.24) is 3.86 Å². The molecule has 0 aromatic carbocycles. The minimum absolute atomic E-state index is 0.896. The first-order chi connectivity index (χ1) is 1.73. The van der Waals surface area contributed by atoms with E-state index in [1.165, 1.54) is 0 Å². The second kappa shape index (κ2) is 1.79. The van der Waals surface area contributed by atoms with E-state index in [0.717, 1.165) is 16.7 Å². The summed E-state index contributed by atoms with van der Waals surface area (Å²) in [5.74, 6) is 0. The standard InChI is InChI=1S/C2H9GeN/c1-4(2)3/h1-3H3. The van der Waals surface area contributed by atoms with Crippen LogP contribution in [0, 0.1) is 0 Å². The van der Waals surface area contributed by atoms with E-state index in [4.69, 9.17) is 0 Å². The molecule has 1 nitrogen and oxygen atoms in total. The molecule has 0 heterocycles. The predicted octanol–water partition coefficient (Wildman–Crippen LogP) is -1.17. The molecule has 0 aliphatic carbocycles. The van der Waals surface area contributed by atoms with Crippen LogP contribution in [0.15, 0.2) is 0 Å². The van der Waals surface area contributed by atoms with Crippen LogP contribution in [-0.2, 0) is 0 Å². The Balaban J connectivity index is 2.32. The number of rotatable bonds is 0. The maximum atomic E-state index is 2.19. The van der Waals surface area contributed by atoms with E-state index < -0.39 is 0 Å². The second-order valence-corrected chi connectivity index (χ2v) is 5.09. The fourth-order valence-corrected chi connectivity index (χ4v) is 0. The molecule has 0 radical (unpaired) electrons. The van der Waals surface area contributed by atoms with Crippen molar-refractivity contribution >= 4 is 16.7 Å². The topological polar surface area (TPSA) is 3.24 Å². The van der Waals surface area contributed by atoms with Gasteiger partial charge in [-0.1, -0.05) is 0 Å². The molecule has 0 saturated carbocycles. The monoisotopic (exact) mass is 121 g/mol. The van der Waals surface area contributed by atoms with Crippen molar-refractivity contribution in [3.8, 4) is 0 Å². The van der Waals surface area contributed by atoms with E-state index in [1.54, 1.807) is 0 Å². The van der Waals surface area contributed by atoms with E-state index in [9.17, 15) is 0 Å². The Kier molecular flexibility index (Phi) is 2.01. The van der Waals surface area contributed by atoms with Crippen LogP contribution in [0.4, 0.5) is 0 Å². The molecule has 0 N–H and O–H groups in total. The zero-order chi connectivity index (χ0) is 3.58. The third-order valence-corrected chi connectivity index (χ3v) is 0. The van der Waals surface area contributed by atoms with Gasteiger partial charge in [-0.15, -0.1) is 0 Å². The Hall–Kier alpha value is 0.503. The van der Waals surface area contributed by atoms with Gasteiger partial charge in [0.15, 0.2) is 0 Å². The van der Waals surface area contributed by atoms with Crippen molar-refractivity contribution in [3.05, 3.63) is 0 Å². The normalized spacial score (nSPS) is 9.75. The van der Waals surface area contributed by atoms with E-state index >= 15 is 0 Å². The van der Waals surface area contributed by atoms with Gasteiger partial charge < -0.3 is 0 Å². The molecule has 0 unspecified atom stereocenters. The van der Waals surface area contributed by atoms with Gasteiger partial charge in [0.2, 0.25) is 0 Å². The molecule has 0 rings (SSSR count). The maximum absolute atomic E-state index is 2.19. The van der Waals surface area contributed by atoms with Crippen molar-refractivity contribution in [3.63, 3.8) is 0 Å². The summed E-state index contributed by atoms with van der Waals surface area (Å²) in [5, 5.41) is 0. The van der Waals surface area contributed by atoms with Gasteiger partial charge in [0.1, 0.15) is 0 Å². The van der Waals surface area contributed by atoms with Gasteiger partial charge >= 0.3 is 34.7 Å². The Morgan fingerprint density at radius 1 is 1.50 bits per heavy atom. The van der Waals surface area contributed by atoms with Crippen molar-refractivity contribution in [1.29, 1.82) is 0 Å². The molecule has 4 heavy (non-hydrogen) atoms. The summed E-state index contributed by atoms with van der Waals surface area (Å²) < 4.78 is 2.19. The first-order valence-electron chi connectivity index (χ1n) is 1.34. The summed E-state index contributed by atoms with van der Waals surface area (Å²) >= 11 is 0.896. The molecule has 0 atom stereocenters. The van der Waals surface area contributed by atoms with Gasteiger partial charge in [0.05, 0.1) is 0 Å². The average Bonchev–Trinajstić information content (AvgIpc) is 0.811. The predicted molar refractivity (Wildman–Crippen MR) is 23.6 cm³/mol. The van der Waals surface area contributed by atoms with Crippen LogP contribution in [0.3, 0.4) is 0 Å². The molecule has 0 bridgehead atoms. The summed E-state index contributed by atoms with van der Waals surface area (Å²) in [6.45, 7) is 0. The van der Waals surface area contributed by atoms with Crippen LogP contribution in [0.25, 0.3) is 0 Å². The number of nitrogens with zero attached hydrogens (tertiary/aromatic N) is 1. The van der Waals surface area contributed by atoms with E-state index in [0.29, 0.717) is 0 Å². The molecule has 26 valence electrons. The van der Waals surface area contributed by atoms with Crippen LogP contribution >= 0.6 is 0 Å². The number of hydrogen-bond donors (Lipinski definition) is 0. The van der Waals surface area contributed by atoms with Crippen molar-refractivity contribution in [2.45, 2.75) is 0 Å². The Morgan fingerprint density at radius 3 is 1.50 bits per heavy atom. The third-order valence-electron chi connectivity index (χ3n) is 0. The molecular weight excluding hydrogens is 111 g/mol. The molecule has 0 amide bonds. The molecule has 2 heteroatoms. The summed E-state index contributed by atoms with van der Waals surface area (Å²) in [6.07, 6.45) is 0. The summed E-state index contributed by atoms with van der Waals surface area (Å²) in [7, 11) is 4.17. The van der Waals surface area contributed by atoms with Gasteiger partial charge in [0, 0.05) is 0 Å². The zero-order valence-corrected chi connectivity index (χ0v) is 7.64. The van der Waals surface area contributed by atoms with Crippen LogP contribution in [0.2, 0.25) is 0 Å². The van der Waals surface area contributed by atoms with Crippen molar-refractivity contribution in [2.24, 2.45) is 0 Å². The van der Waals surface area contributed by atoms with Crippen molar-refractivity contribution < 1.29 is 0 Å². The molecule has 0 aliphatic rings. The van der Waals surface area contributed by atoms with Crippen LogP contribution in [0.5, 0.6) is 0 Å². The minimum atomic E-state index is 0.896. The molecule has 0 saturated heterocycles. The van der Waals surface area contributed by atoms with E-state index in [1.807, 2.05) is 0 Å². The molecule has 0 aliphatic heterocycles. The van der Waals surface area contributed by atoms with Crippen LogP contribution in [0.1, 0.15) is 0 Å². The van der Waals surface area contributed by atoms with Gasteiger partial charge in [-0.25, -0.2) is 0 Å². The van der Waals surface area contributed by atoms with Crippen LogP contribution < -0.4 is 0 Å². The zero-order valence-electron chi connectivity index (χ0n) is 3.45. The quantitative estimate of drug-likeness (QED) is 0.364. The molecule has 0 aromatic heterocycles. The second-order valence-electron chi connectivity index (χ2n) is 1.34. The SMILES string of the molecule is C[N](C)[GeH3]. The molecule has 0 spiro atoms.